The molecule has 5 aromatic carbocycles. The minimum absolute atomic E-state index is 0.122. The third kappa shape index (κ3) is 5.11. The van der Waals surface area contributed by atoms with Gasteiger partial charge < -0.3 is 14.3 Å². The van der Waals surface area contributed by atoms with Gasteiger partial charge >= 0.3 is 0 Å². The van der Waals surface area contributed by atoms with Crippen molar-refractivity contribution in [1.29, 1.82) is 0 Å². The van der Waals surface area contributed by atoms with E-state index >= 15 is 0 Å². The summed E-state index contributed by atoms with van der Waals surface area (Å²) in [5, 5.41) is 9.79. The number of fused-ring (bicyclic) bond motifs is 3. The van der Waals surface area contributed by atoms with Gasteiger partial charge in [-0.15, -0.1) is 11.8 Å². The molecule has 0 fully saturated rings. The Morgan fingerprint density at radius 3 is 2.15 bits per heavy atom. The minimum atomic E-state index is -0.952. The Kier molecular flexibility index (Phi) is 7.42. The fraction of sp³-hybridized carbons (Fsp3) is 0.128. The Morgan fingerprint density at radius 2 is 1.43 bits per heavy atom. The second-order valence-corrected chi connectivity index (χ2v) is 12.7. The summed E-state index contributed by atoms with van der Waals surface area (Å²) in [6.45, 7) is 2.06. The molecule has 0 N–H and O–H groups in total. The van der Waals surface area contributed by atoms with E-state index < -0.39 is 5.72 Å². The van der Waals surface area contributed by atoms with Crippen LogP contribution in [0.25, 0.3) is 5.69 Å². The molecule has 0 aliphatic carbocycles. The van der Waals surface area contributed by atoms with Gasteiger partial charge in [0.15, 0.2) is 5.84 Å². The summed E-state index contributed by atoms with van der Waals surface area (Å²) in [5.74, 6) is 2.95. The lowest BCUT2D eigenvalue weighted by atomic mass is 9.92. The number of benzene rings is 5. The van der Waals surface area contributed by atoms with Gasteiger partial charge in [0, 0.05) is 27.7 Å². The fourth-order valence-corrected chi connectivity index (χ4v) is 7.85. The van der Waals surface area contributed by atoms with Crippen molar-refractivity contribution in [3.63, 3.8) is 0 Å². The second kappa shape index (κ2) is 12.0. The summed E-state index contributed by atoms with van der Waals surface area (Å²) in [6.07, 6.45) is 0.561. The van der Waals surface area contributed by atoms with Gasteiger partial charge in [0.2, 0.25) is 11.6 Å². The third-order valence-corrected chi connectivity index (χ3v) is 9.90. The maximum atomic E-state index is 6.75. The average Bonchev–Trinajstić information content (AvgIpc) is 3.62. The van der Waals surface area contributed by atoms with Crippen molar-refractivity contribution in [2.24, 2.45) is 5.16 Å². The molecule has 0 amide bonds. The van der Waals surface area contributed by atoms with Gasteiger partial charge in [0.1, 0.15) is 11.5 Å². The Hall–Kier alpha value is -5.47. The average molecular weight is 637 g/mol. The molecular formula is C39H32N4O3S. The number of oxime groups is 1. The lowest BCUT2D eigenvalue weighted by molar-refractivity contribution is -0.0284. The van der Waals surface area contributed by atoms with Crippen LogP contribution in [0.1, 0.15) is 34.1 Å². The Labute approximate surface area is 278 Å². The Bertz CT molecular complexity index is 2050. The predicted molar refractivity (Wildman–Crippen MR) is 186 cm³/mol. The first-order valence-electron chi connectivity index (χ1n) is 15.5. The summed E-state index contributed by atoms with van der Waals surface area (Å²) in [6, 6.07) is 46.9. The molecular weight excluding hydrogens is 605 g/mol. The van der Waals surface area contributed by atoms with Crippen molar-refractivity contribution in [2.45, 2.75) is 29.2 Å². The molecule has 0 radical (unpaired) electrons. The van der Waals surface area contributed by atoms with Crippen LogP contribution in [0.2, 0.25) is 0 Å². The maximum absolute atomic E-state index is 6.75. The number of rotatable bonds is 7. The first kappa shape index (κ1) is 29.0. The molecule has 3 heterocycles. The van der Waals surface area contributed by atoms with E-state index in [2.05, 4.69) is 60.4 Å². The van der Waals surface area contributed by atoms with Crippen LogP contribution in [-0.2, 0) is 10.6 Å². The fourth-order valence-electron chi connectivity index (χ4n) is 6.41. The quantitative estimate of drug-likeness (QED) is 0.174. The normalized spacial score (nSPS) is 18.4. The minimum Gasteiger partial charge on any atom is -0.497 e. The van der Waals surface area contributed by atoms with Gasteiger partial charge in [0.25, 0.3) is 0 Å². The number of methoxy groups -OCH3 is 1. The zero-order chi connectivity index (χ0) is 31.8. The number of amidine groups is 1. The van der Waals surface area contributed by atoms with Gasteiger partial charge in [-0.2, -0.15) is 5.10 Å². The molecule has 8 heteroatoms. The largest absolute Gasteiger partial charge is 0.497 e. The molecule has 2 aliphatic heterocycles. The van der Waals surface area contributed by atoms with Gasteiger partial charge in [-0.05, 0) is 67.6 Å². The summed E-state index contributed by atoms with van der Waals surface area (Å²) >= 11 is 1.80. The van der Waals surface area contributed by atoms with Gasteiger partial charge in [-0.1, -0.05) is 84.0 Å². The molecule has 2 unspecified atom stereocenters. The van der Waals surface area contributed by atoms with Gasteiger partial charge in [-0.3, -0.25) is 4.90 Å². The molecule has 6 aromatic rings. The van der Waals surface area contributed by atoms with Crippen LogP contribution in [0.15, 0.2) is 150 Å². The van der Waals surface area contributed by atoms with E-state index in [0.29, 0.717) is 12.3 Å². The SMILES string of the molecule is COc1ccc(C2=NOC3(c4ccccc4)CC(c4c(C)nn(-c5ccccc5)c4Oc4ccccc4)Sc4ccccc4N23)cc1. The number of thioether (sulfide) groups is 1. The summed E-state index contributed by atoms with van der Waals surface area (Å²) in [4.78, 5) is 10.1. The number of hydrogen-bond acceptors (Lipinski definition) is 7. The van der Waals surface area contributed by atoms with Crippen LogP contribution in [0.3, 0.4) is 0 Å². The molecule has 47 heavy (non-hydrogen) atoms. The molecule has 0 saturated carbocycles. The summed E-state index contributed by atoms with van der Waals surface area (Å²) in [7, 11) is 1.67. The van der Waals surface area contributed by atoms with E-state index in [1.807, 2.05) is 95.7 Å². The van der Waals surface area contributed by atoms with Crippen molar-refractivity contribution in [2.75, 3.05) is 12.0 Å². The first-order valence-corrected chi connectivity index (χ1v) is 16.4. The highest BCUT2D eigenvalue weighted by molar-refractivity contribution is 7.99. The second-order valence-electron chi connectivity index (χ2n) is 11.5. The predicted octanol–water partition coefficient (Wildman–Crippen LogP) is 9.27. The molecule has 2 atom stereocenters. The smallest absolute Gasteiger partial charge is 0.242 e. The van der Waals surface area contributed by atoms with Gasteiger partial charge in [-0.25, -0.2) is 4.68 Å². The van der Waals surface area contributed by atoms with Crippen LogP contribution in [0.4, 0.5) is 5.69 Å². The Balaban J connectivity index is 1.32. The number of nitrogens with zero attached hydrogens (tertiary/aromatic N) is 4. The zero-order valence-electron chi connectivity index (χ0n) is 26.0. The van der Waals surface area contributed by atoms with E-state index in [9.17, 15) is 0 Å². The zero-order valence-corrected chi connectivity index (χ0v) is 26.8. The highest BCUT2D eigenvalue weighted by Crippen LogP contribution is 2.58. The van der Waals surface area contributed by atoms with Crippen LogP contribution in [-0.4, -0.2) is 22.7 Å². The lowest BCUT2D eigenvalue weighted by Gasteiger charge is -2.37. The first-order chi connectivity index (χ1) is 23.1. The number of hydrogen-bond donors (Lipinski definition) is 0. The number of anilines is 1. The van der Waals surface area contributed by atoms with Crippen LogP contribution < -0.4 is 14.4 Å². The molecule has 7 nitrogen and oxygen atoms in total. The molecule has 0 spiro atoms. The summed E-state index contributed by atoms with van der Waals surface area (Å²) < 4.78 is 14.1. The molecule has 232 valence electrons. The lowest BCUT2D eigenvalue weighted by Crippen LogP contribution is -2.47. The van der Waals surface area contributed by atoms with Crippen LogP contribution in [0.5, 0.6) is 17.4 Å². The van der Waals surface area contributed by atoms with Crippen molar-refractivity contribution >= 4 is 23.3 Å². The van der Waals surface area contributed by atoms with E-state index in [1.165, 1.54) is 0 Å². The highest BCUT2D eigenvalue weighted by Gasteiger charge is 2.53. The van der Waals surface area contributed by atoms with Crippen molar-refractivity contribution in [3.05, 3.63) is 162 Å². The van der Waals surface area contributed by atoms with Crippen molar-refractivity contribution < 1.29 is 14.3 Å². The van der Waals surface area contributed by atoms with Crippen molar-refractivity contribution in [1.82, 2.24) is 9.78 Å². The number of aromatic nitrogens is 2. The van der Waals surface area contributed by atoms with Crippen molar-refractivity contribution in [3.8, 4) is 23.1 Å². The standard InChI is InChI=1S/C39H32N4O3S/c1-27-36(38(45-32-18-10-5-11-19-32)43(40-27)30-16-8-4-9-17-30)35-26-39(29-14-6-3-7-15-29)42(33-20-12-13-21-34(33)47-35)37(41-46-39)28-22-24-31(44-2)25-23-28/h3-25,35H,26H2,1-2H3. The van der Waals surface area contributed by atoms with Gasteiger partial charge in [0.05, 0.1) is 29.7 Å². The Morgan fingerprint density at radius 1 is 0.766 bits per heavy atom. The summed E-state index contributed by atoms with van der Waals surface area (Å²) in [5.41, 5.74) is 4.84. The van der Waals surface area contributed by atoms with E-state index in [1.54, 1.807) is 18.9 Å². The topological polar surface area (TPSA) is 61.1 Å². The maximum Gasteiger partial charge on any atom is 0.242 e. The van der Waals surface area contributed by atoms with E-state index in [-0.39, 0.29) is 5.25 Å². The molecule has 8 rings (SSSR count). The molecule has 0 bridgehead atoms. The molecule has 1 aromatic heterocycles. The van der Waals surface area contributed by atoms with E-state index in [4.69, 9.17) is 24.6 Å². The van der Waals surface area contributed by atoms with Crippen LogP contribution in [0, 0.1) is 6.92 Å². The number of ether oxygens (including phenoxy) is 2. The monoisotopic (exact) mass is 636 g/mol. The van der Waals surface area contributed by atoms with E-state index in [0.717, 1.165) is 56.0 Å². The number of para-hydroxylation sites is 3. The third-order valence-electron chi connectivity index (χ3n) is 8.61. The highest BCUT2D eigenvalue weighted by atomic mass is 32.2. The molecule has 0 saturated heterocycles. The van der Waals surface area contributed by atoms with Crippen LogP contribution >= 0.6 is 11.8 Å². The number of aryl methyl sites for hydroxylation is 1. The molecule has 2 aliphatic rings.